The molecule has 0 saturated heterocycles. The number of alkyl carbamates (subject to hydrolysis) is 1. The standard InChI is InChI=1S/C27H35ClN6O7S/c1-27(2,3)41-26(35)29-11-12-34(42(36)37)16-17-9-7-8-10-20(17)32-24-19(28)15-30-25(33-24)31-18-13-21(38-4)23(40-6)22(14-18)39-5/h7-10,13-15H,11-12,16H2,1-6H3,(H,29,35)(H,36,37)(H2,30,31,32,33)/p-1. The summed E-state index contributed by atoms with van der Waals surface area (Å²) in [5.74, 6) is 1.85. The lowest BCUT2D eigenvalue weighted by atomic mass is 10.1. The van der Waals surface area contributed by atoms with Crippen molar-refractivity contribution in [3.63, 3.8) is 0 Å². The van der Waals surface area contributed by atoms with Gasteiger partial charge in [0.2, 0.25) is 11.7 Å². The summed E-state index contributed by atoms with van der Waals surface area (Å²) in [5.41, 5.74) is 1.13. The number of amides is 1. The van der Waals surface area contributed by atoms with Crippen LogP contribution in [-0.2, 0) is 22.5 Å². The molecular formula is C27H34ClN6O7S-. The Morgan fingerprint density at radius 1 is 1.07 bits per heavy atom. The normalized spacial score (nSPS) is 11.9. The van der Waals surface area contributed by atoms with Crippen molar-refractivity contribution in [2.75, 3.05) is 45.1 Å². The monoisotopic (exact) mass is 621 g/mol. The second-order valence-electron chi connectivity index (χ2n) is 9.72. The van der Waals surface area contributed by atoms with Crippen LogP contribution in [0.3, 0.4) is 0 Å². The molecule has 1 amide bonds. The van der Waals surface area contributed by atoms with Gasteiger partial charge in [0, 0.05) is 54.4 Å². The zero-order valence-electron chi connectivity index (χ0n) is 24.1. The van der Waals surface area contributed by atoms with Gasteiger partial charge < -0.3 is 39.5 Å². The Labute approximate surface area is 252 Å². The first-order valence-electron chi connectivity index (χ1n) is 12.7. The molecule has 3 N–H and O–H groups in total. The van der Waals surface area contributed by atoms with E-state index < -0.39 is 23.0 Å². The average molecular weight is 622 g/mol. The summed E-state index contributed by atoms with van der Waals surface area (Å²) in [5, 5.41) is 9.07. The molecule has 0 spiro atoms. The van der Waals surface area contributed by atoms with Gasteiger partial charge in [0.25, 0.3) is 0 Å². The molecular weight excluding hydrogens is 588 g/mol. The van der Waals surface area contributed by atoms with Crippen molar-refractivity contribution in [2.45, 2.75) is 32.9 Å². The fourth-order valence-corrected chi connectivity index (χ4v) is 4.32. The van der Waals surface area contributed by atoms with Crippen LogP contribution in [0, 0.1) is 0 Å². The summed E-state index contributed by atoms with van der Waals surface area (Å²) in [6.45, 7) is 5.34. The number of benzene rings is 2. The highest BCUT2D eigenvalue weighted by molar-refractivity contribution is 7.76. The zero-order chi connectivity index (χ0) is 30.9. The molecule has 0 aliphatic carbocycles. The highest BCUT2D eigenvalue weighted by Gasteiger charge is 2.18. The lowest BCUT2D eigenvalue weighted by Crippen LogP contribution is -2.38. The molecule has 1 unspecified atom stereocenters. The molecule has 3 aromatic rings. The van der Waals surface area contributed by atoms with Crippen LogP contribution in [0.25, 0.3) is 0 Å². The van der Waals surface area contributed by atoms with Crippen molar-refractivity contribution in [2.24, 2.45) is 0 Å². The van der Waals surface area contributed by atoms with E-state index in [4.69, 9.17) is 30.5 Å². The summed E-state index contributed by atoms with van der Waals surface area (Å²) >= 11 is 3.84. The van der Waals surface area contributed by atoms with Gasteiger partial charge in [0.15, 0.2) is 17.3 Å². The lowest BCUT2D eigenvalue weighted by Gasteiger charge is -2.26. The third kappa shape index (κ3) is 9.34. The van der Waals surface area contributed by atoms with Crippen LogP contribution in [0.2, 0.25) is 5.02 Å². The quantitative estimate of drug-likeness (QED) is 0.226. The maximum atomic E-state index is 12.0. The average Bonchev–Trinajstić information content (AvgIpc) is 2.93. The van der Waals surface area contributed by atoms with E-state index in [2.05, 4.69) is 25.9 Å². The molecule has 0 aliphatic heterocycles. The van der Waals surface area contributed by atoms with E-state index in [0.717, 1.165) is 0 Å². The minimum atomic E-state index is -2.56. The van der Waals surface area contributed by atoms with E-state index in [0.29, 0.717) is 34.2 Å². The van der Waals surface area contributed by atoms with Gasteiger partial charge >= 0.3 is 6.09 Å². The number of methoxy groups -OCH3 is 3. The van der Waals surface area contributed by atoms with Crippen molar-refractivity contribution >= 4 is 52.1 Å². The van der Waals surface area contributed by atoms with Crippen LogP contribution >= 0.6 is 11.6 Å². The van der Waals surface area contributed by atoms with Crippen molar-refractivity contribution in [3.8, 4) is 17.2 Å². The van der Waals surface area contributed by atoms with E-state index in [9.17, 15) is 13.6 Å². The lowest BCUT2D eigenvalue weighted by molar-refractivity contribution is 0.0525. The predicted octanol–water partition coefficient (Wildman–Crippen LogP) is 4.76. The van der Waals surface area contributed by atoms with Crippen molar-refractivity contribution in [3.05, 3.63) is 53.2 Å². The number of halogens is 1. The fraction of sp³-hybridized carbons (Fsp3) is 0.370. The molecule has 0 bridgehead atoms. The Morgan fingerprint density at radius 3 is 2.33 bits per heavy atom. The second-order valence-corrected chi connectivity index (χ2v) is 11.1. The Hall–Kier alpha value is -3.85. The Kier molecular flexibility index (Phi) is 11.6. The molecule has 1 aromatic heterocycles. The molecule has 1 atom stereocenters. The first-order valence-corrected chi connectivity index (χ1v) is 14.1. The summed E-state index contributed by atoms with van der Waals surface area (Å²) in [6, 6.07) is 10.5. The molecule has 2 aromatic carbocycles. The number of carbonyl (C=O) groups excluding carboxylic acids is 1. The van der Waals surface area contributed by atoms with Crippen LogP contribution in [0.15, 0.2) is 42.6 Å². The maximum Gasteiger partial charge on any atom is 0.407 e. The van der Waals surface area contributed by atoms with Crippen LogP contribution in [0.5, 0.6) is 17.2 Å². The van der Waals surface area contributed by atoms with Gasteiger partial charge in [-0.1, -0.05) is 29.8 Å². The van der Waals surface area contributed by atoms with Gasteiger partial charge in [-0.25, -0.2) is 14.1 Å². The number of nitrogens with one attached hydrogen (secondary N) is 3. The molecule has 1 heterocycles. The largest absolute Gasteiger partial charge is 0.760 e. The molecule has 0 aliphatic rings. The Morgan fingerprint density at radius 2 is 1.74 bits per heavy atom. The van der Waals surface area contributed by atoms with E-state index in [-0.39, 0.29) is 36.4 Å². The van der Waals surface area contributed by atoms with E-state index in [1.165, 1.54) is 31.8 Å². The van der Waals surface area contributed by atoms with E-state index >= 15 is 0 Å². The van der Waals surface area contributed by atoms with Crippen molar-refractivity contribution in [1.29, 1.82) is 0 Å². The number of anilines is 4. The molecule has 13 nitrogen and oxygen atoms in total. The first kappa shape index (κ1) is 32.7. The second kappa shape index (κ2) is 14.9. The molecule has 0 saturated carbocycles. The van der Waals surface area contributed by atoms with Crippen LogP contribution in [0.1, 0.15) is 26.3 Å². The minimum Gasteiger partial charge on any atom is -0.760 e. The third-order valence-electron chi connectivity index (χ3n) is 5.52. The van der Waals surface area contributed by atoms with Crippen LogP contribution < -0.4 is 30.2 Å². The molecule has 0 radical (unpaired) electrons. The number of carbonyl (C=O) groups is 1. The number of nitrogens with zero attached hydrogens (tertiary/aromatic N) is 3. The Balaban J connectivity index is 1.77. The number of rotatable bonds is 13. The van der Waals surface area contributed by atoms with Gasteiger partial charge in [-0.2, -0.15) is 4.98 Å². The van der Waals surface area contributed by atoms with Crippen molar-refractivity contribution < 1.29 is 32.5 Å². The number of para-hydroxylation sites is 1. The highest BCUT2D eigenvalue weighted by atomic mass is 35.5. The molecule has 3 rings (SSSR count). The Bertz CT molecular complexity index is 1380. The highest BCUT2D eigenvalue weighted by Crippen LogP contribution is 2.40. The number of aromatic nitrogens is 2. The maximum absolute atomic E-state index is 12.0. The first-order chi connectivity index (χ1) is 19.9. The van der Waals surface area contributed by atoms with Gasteiger partial charge in [0.1, 0.15) is 10.6 Å². The van der Waals surface area contributed by atoms with Crippen LogP contribution in [-0.4, -0.2) is 69.1 Å². The zero-order valence-corrected chi connectivity index (χ0v) is 25.7. The summed E-state index contributed by atoms with van der Waals surface area (Å²) in [6.07, 6.45) is 0.803. The molecule has 42 heavy (non-hydrogen) atoms. The minimum absolute atomic E-state index is 0.0224. The van der Waals surface area contributed by atoms with Crippen LogP contribution in [0.4, 0.5) is 27.9 Å². The number of hydrogen-bond donors (Lipinski definition) is 3. The SMILES string of the molecule is COc1cc(Nc2ncc(Cl)c(Nc3ccccc3CN(CCNC(=O)OC(C)(C)C)S(=O)[O-])n2)cc(OC)c1OC. The predicted molar refractivity (Wildman–Crippen MR) is 160 cm³/mol. The van der Waals surface area contributed by atoms with Crippen molar-refractivity contribution in [1.82, 2.24) is 19.6 Å². The number of ether oxygens (including phenoxy) is 4. The summed E-state index contributed by atoms with van der Waals surface area (Å²) in [7, 11) is 4.54. The van der Waals surface area contributed by atoms with E-state index in [1.807, 2.05) is 0 Å². The summed E-state index contributed by atoms with van der Waals surface area (Å²) < 4.78 is 46.5. The van der Waals surface area contributed by atoms with Gasteiger partial charge in [-0.3, -0.25) is 4.21 Å². The molecule has 15 heteroatoms. The fourth-order valence-electron chi connectivity index (χ4n) is 3.70. The van der Waals surface area contributed by atoms with Gasteiger partial charge in [-0.15, -0.1) is 0 Å². The van der Waals surface area contributed by atoms with Gasteiger partial charge in [-0.05, 0) is 32.4 Å². The smallest absolute Gasteiger partial charge is 0.407 e. The topological polar surface area (TPSA) is 159 Å². The number of hydrogen-bond acceptors (Lipinski definition) is 11. The molecule has 228 valence electrons. The van der Waals surface area contributed by atoms with Gasteiger partial charge in [0.05, 0.1) is 27.5 Å². The third-order valence-corrected chi connectivity index (χ3v) is 6.53. The summed E-state index contributed by atoms with van der Waals surface area (Å²) in [4.78, 5) is 20.7. The molecule has 0 fully saturated rings. The van der Waals surface area contributed by atoms with E-state index in [1.54, 1.807) is 57.2 Å².